The van der Waals surface area contributed by atoms with Crippen molar-refractivity contribution < 1.29 is 22.3 Å². The quantitative estimate of drug-likeness (QED) is 0.285. The molecule has 0 spiro atoms. The summed E-state index contributed by atoms with van der Waals surface area (Å²) < 4.78 is 35.6. The number of aromatic carboxylic acids is 1. The Balaban J connectivity index is 2.02. The van der Waals surface area contributed by atoms with E-state index < -0.39 is 27.8 Å². The average Bonchev–Trinajstić information content (AvgIpc) is 2.98. The molecule has 5 rings (SSSR count). The van der Waals surface area contributed by atoms with Crippen LogP contribution in [0.1, 0.15) is 10.4 Å². The average molecular weight is 541 g/mol. The molecule has 0 amide bonds. The van der Waals surface area contributed by atoms with Gasteiger partial charge in [-0.05, 0) is 0 Å². The number of carboxylic acid groups (broad SMARTS) is 1. The van der Waals surface area contributed by atoms with Crippen LogP contribution in [-0.4, -0.2) is 19.5 Å². The van der Waals surface area contributed by atoms with Crippen molar-refractivity contribution in [1.29, 1.82) is 0 Å². The summed E-state index contributed by atoms with van der Waals surface area (Å²) >= 11 is 0. The summed E-state index contributed by atoms with van der Waals surface area (Å²) in [6.07, 6.45) is 0. The summed E-state index contributed by atoms with van der Waals surface area (Å²) in [5.74, 6) is -1.35. The van der Waals surface area contributed by atoms with Gasteiger partial charge >= 0.3 is 222 Å². The van der Waals surface area contributed by atoms with Crippen LogP contribution in [0.15, 0.2) is 150 Å². The van der Waals surface area contributed by atoms with E-state index in [-0.39, 0.29) is 5.56 Å². The van der Waals surface area contributed by atoms with Crippen molar-refractivity contribution in [1.82, 2.24) is 0 Å². The fourth-order valence-corrected chi connectivity index (χ4v) is 13.7. The topological polar surface area (TPSA) is 80.7 Å². The Morgan fingerprint density at radius 1 is 0.526 bits per heavy atom. The number of carboxylic acids is 1. The SMILES string of the molecule is O=C(O)c1ccccc1S(=O)(=O)OP(c1ccccc1)(c1ccccc1)(c1ccccc1)c1ccccc1. The third-order valence-electron chi connectivity index (χ3n) is 6.63. The first-order valence-electron chi connectivity index (χ1n) is 11.9. The van der Waals surface area contributed by atoms with E-state index in [0.717, 1.165) is 0 Å². The van der Waals surface area contributed by atoms with Gasteiger partial charge in [-0.3, -0.25) is 0 Å². The molecule has 0 atom stereocenters. The molecular formula is C31H25O5PS. The van der Waals surface area contributed by atoms with E-state index in [2.05, 4.69) is 0 Å². The van der Waals surface area contributed by atoms with Crippen LogP contribution in [0.5, 0.6) is 0 Å². The summed E-state index contributed by atoms with van der Waals surface area (Å²) in [5.41, 5.74) is -0.355. The van der Waals surface area contributed by atoms with E-state index in [1.165, 1.54) is 24.3 Å². The zero-order valence-corrected chi connectivity index (χ0v) is 22.0. The molecule has 5 aromatic rings. The van der Waals surface area contributed by atoms with Gasteiger partial charge in [0.2, 0.25) is 0 Å². The Kier molecular flexibility index (Phi) is 6.72. The van der Waals surface area contributed by atoms with E-state index in [1.807, 2.05) is 121 Å². The molecule has 0 saturated carbocycles. The van der Waals surface area contributed by atoms with Gasteiger partial charge < -0.3 is 0 Å². The number of benzene rings is 5. The van der Waals surface area contributed by atoms with Gasteiger partial charge in [0, 0.05) is 0 Å². The van der Waals surface area contributed by atoms with Crippen LogP contribution in [-0.2, 0) is 14.1 Å². The first kappa shape index (κ1) is 25.6. The molecule has 0 aliphatic rings. The van der Waals surface area contributed by atoms with Crippen LogP contribution in [0.25, 0.3) is 0 Å². The molecule has 0 aliphatic carbocycles. The van der Waals surface area contributed by atoms with Crippen molar-refractivity contribution >= 4 is 44.1 Å². The third kappa shape index (κ3) is 3.95. The minimum atomic E-state index is -4.67. The maximum atomic E-state index is 14.4. The number of hydrogen-bond donors (Lipinski definition) is 1. The molecule has 7 heteroatoms. The molecule has 0 aliphatic heterocycles. The van der Waals surface area contributed by atoms with E-state index in [4.69, 9.17) is 3.97 Å². The van der Waals surface area contributed by atoms with Gasteiger partial charge in [0.25, 0.3) is 0 Å². The Morgan fingerprint density at radius 3 is 1.18 bits per heavy atom. The summed E-state index contributed by atoms with van der Waals surface area (Å²) in [5, 5.41) is 12.5. The second kappa shape index (κ2) is 9.99. The fourth-order valence-electron chi connectivity index (χ4n) is 5.01. The van der Waals surface area contributed by atoms with Crippen molar-refractivity contribution in [2.75, 3.05) is 0 Å². The zero-order valence-electron chi connectivity index (χ0n) is 20.3. The van der Waals surface area contributed by atoms with Gasteiger partial charge in [-0.15, -0.1) is 0 Å². The Morgan fingerprint density at radius 2 is 0.842 bits per heavy atom. The summed E-state index contributed by atoms with van der Waals surface area (Å²) in [7, 11) is -4.67. The Hall–Kier alpha value is -4.09. The molecule has 0 unspecified atom stereocenters. The third-order valence-corrected chi connectivity index (χ3v) is 14.6. The maximum absolute atomic E-state index is 14.4. The number of carbonyl (C=O) groups is 1. The van der Waals surface area contributed by atoms with Crippen LogP contribution in [0.2, 0.25) is 0 Å². The number of hydrogen-bond acceptors (Lipinski definition) is 4. The monoisotopic (exact) mass is 540 g/mol. The summed E-state index contributed by atoms with van der Waals surface area (Å²) in [6.45, 7) is -4.55. The molecule has 1 N–H and O–H groups in total. The Bertz CT molecular complexity index is 1500. The van der Waals surface area contributed by atoms with Gasteiger partial charge in [-0.2, -0.15) is 0 Å². The zero-order chi connectivity index (χ0) is 26.7. The predicted molar refractivity (Wildman–Crippen MR) is 153 cm³/mol. The molecule has 190 valence electrons. The molecule has 38 heavy (non-hydrogen) atoms. The molecule has 5 aromatic carbocycles. The molecular weight excluding hydrogens is 515 g/mol. The molecule has 0 radical (unpaired) electrons. The molecule has 0 aromatic heterocycles. The van der Waals surface area contributed by atoms with Gasteiger partial charge in [0.05, 0.1) is 0 Å². The van der Waals surface area contributed by atoms with Crippen molar-refractivity contribution in [2.24, 2.45) is 0 Å². The fraction of sp³-hybridized carbons (Fsp3) is 0. The first-order chi connectivity index (χ1) is 18.4. The normalized spacial score (nSPS) is 12.8. The summed E-state index contributed by atoms with van der Waals surface area (Å²) in [6, 6.07) is 42.8. The molecule has 0 heterocycles. The van der Waals surface area contributed by atoms with Crippen LogP contribution >= 0.6 is 6.83 Å². The van der Waals surface area contributed by atoms with Crippen LogP contribution in [0.4, 0.5) is 0 Å². The Labute approximate surface area is 222 Å². The van der Waals surface area contributed by atoms with E-state index in [9.17, 15) is 18.3 Å². The standard InChI is InChI=1S/C31H25O5PS/c32-31(33)29-23-13-14-24-30(29)38(34,35)36-37(25-15-5-1-6-16-25,26-17-7-2-8-18-26,27-19-9-3-10-20-27)28-21-11-4-12-22-28/h1-24H,(H,32,33). The van der Waals surface area contributed by atoms with Crippen LogP contribution < -0.4 is 21.2 Å². The van der Waals surface area contributed by atoms with Gasteiger partial charge in [0.15, 0.2) is 0 Å². The van der Waals surface area contributed by atoms with Crippen molar-refractivity contribution in [3.63, 3.8) is 0 Å². The van der Waals surface area contributed by atoms with Crippen molar-refractivity contribution in [3.8, 4) is 0 Å². The molecule has 0 fully saturated rings. The van der Waals surface area contributed by atoms with E-state index >= 15 is 0 Å². The van der Waals surface area contributed by atoms with Crippen molar-refractivity contribution in [2.45, 2.75) is 4.90 Å². The van der Waals surface area contributed by atoms with Crippen molar-refractivity contribution in [3.05, 3.63) is 151 Å². The summed E-state index contributed by atoms with van der Waals surface area (Å²) in [4.78, 5) is 11.7. The molecule has 0 bridgehead atoms. The predicted octanol–water partition coefficient (Wildman–Crippen LogP) is 4.86. The first-order valence-corrected chi connectivity index (χ1v) is 15.5. The van der Waals surface area contributed by atoms with Gasteiger partial charge in [0.1, 0.15) is 0 Å². The van der Waals surface area contributed by atoms with Gasteiger partial charge in [-0.25, -0.2) is 0 Å². The van der Waals surface area contributed by atoms with E-state index in [1.54, 1.807) is 0 Å². The molecule has 5 nitrogen and oxygen atoms in total. The second-order valence-electron chi connectivity index (χ2n) is 8.71. The van der Waals surface area contributed by atoms with Gasteiger partial charge in [-0.1, -0.05) is 0 Å². The molecule has 0 saturated heterocycles. The number of rotatable bonds is 8. The van der Waals surface area contributed by atoms with E-state index in [0.29, 0.717) is 21.2 Å². The van der Waals surface area contributed by atoms with Crippen LogP contribution in [0.3, 0.4) is 0 Å². The minimum absolute atomic E-state index is 0.355. The second-order valence-corrected chi connectivity index (χ2v) is 14.8. The van der Waals surface area contributed by atoms with Crippen LogP contribution in [0, 0.1) is 0 Å².